The number of halogens is 1. The summed E-state index contributed by atoms with van der Waals surface area (Å²) in [5.41, 5.74) is -0.0926. The van der Waals surface area contributed by atoms with E-state index in [9.17, 15) is 14.0 Å². The molecule has 0 fully saturated rings. The fraction of sp³-hybridized carbons (Fsp3) is 0.500. The second-order valence-corrected chi connectivity index (χ2v) is 4.74. The summed E-state index contributed by atoms with van der Waals surface area (Å²) in [5, 5.41) is 0. The zero-order valence-electron chi connectivity index (χ0n) is 11.9. The topological polar surface area (TPSA) is 59.5 Å². The van der Waals surface area contributed by atoms with Gasteiger partial charge in [-0.25, -0.2) is 4.39 Å². The SMILES string of the molecule is CCOC(=O)CN(CC(C)C)C(=O)c1ccncc1F. The van der Waals surface area contributed by atoms with Crippen molar-refractivity contribution in [1.82, 2.24) is 9.88 Å². The van der Waals surface area contributed by atoms with Gasteiger partial charge >= 0.3 is 5.97 Å². The molecular formula is C14H19FN2O3. The maximum atomic E-state index is 13.6. The van der Waals surface area contributed by atoms with Gasteiger partial charge in [0.2, 0.25) is 0 Å². The van der Waals surface area contributed by atoms with Crippen LogP contribution >= 0.6 is 0 Å². The van der Waals surface area contributed by atoms with E-state index in [4.69, 9.17) is 4.74 Å². The highest BCUT2D eigenvalue weighted by Gasteiger charge is 2.22. The van der Waals surface area contributed by atoms with Crippen molar-refractivity contribution >= 4 is 11.9 Å². The first-order valence-corrected chi connectivity index (χ1v) is 6.50. The van der Waals surface area contributed by atoms with E-state index < -0.39 is 17.7 Å². The van der Waals surface area contributed by atoms with Gasteiger partial charge in [-0.05, 0) is 18.9 Å². The summed E-state index contributed by atoms with van der Waals surface area (Å²) in [6, 6.07) is 1.30. The first kappa shape index (κ1) is 16.1. The molecule has 0 bridgehead atoms. The van der Waals surface area contributed by atoms with Gasteiger partial charge in [0.15, 0.2) is 5.82 Å². The minimum Gasteiger partial charge on any atom is -0.465 e. The van der Waals surface area contributed by atoms with Crippen LogP contribution < -0.4 is 0 Å². The number of ether oxygens (including phenoxy) is 1. The zero-order chi connectivity index (χ0) is 15.1. The number of carbonyl (C=O) groups is 2. The first-order chi connectivity index (χ1) is 9.45. The smallest absolute Gasteiger partial charge is 0.325 e. The number of esters is 1. The first-order valence-electron chi connectivity index (χ1n) is 6.50. The van der Waals surface area contributed by atoms with E-state index in [2.05, 4.69) is 4.98 Å². The fourth-order valence-electron chi connectivity index (χ4n) is 1.74. The van der Waals surface area contributed by atoms with Crippen molar-refractivity contribution in [2.45, 2.75) is 20.8 Å². The average molecular weight is 282 g/mol. The van der Waals surface area contributed by atoms with Crippen molar-refractivity contribution in [3.63, 3.8) is 0 Å². The van der Waals surface area contributed by atoms with Gasteiger partial charge in [-0.1, -0.05) is 13.8 Å². The molecule has 1 aromatic rings. The second kappa shape index (κ2) is 7.57. The third kappa shape index (κ3) is 4.60. The number of amides is 1. The molecule has 1 heterocycles. The van der Waals surface area contributed by atoms with Crippen LogP contribution in [0, 0.1) is 11.7 Å². The second-order valence-electron chi connectivity index (χ2n) is 4.74. The van der Waals surface area contributed by atoms with Gasteiger partial charge in [-0.15, -0.1) is 0 Å². The van der Waals surface area contributed by atoms with E-state index in [1.165, 1.54) is 17.2 Å². The van der Waals surface area contributed by atoms with E-state index in [1.807, 2.05) is 13.8 Å². The van der Waals surface area contributed by atoms with Crippen LogP contribution in [0.1, 0.15) is 31.1 Å². The largest absolute Gasteiger partial charge is 0.465 e. The monoisotopic (exact) mass is 282 g/mol. The standard InChI is InChI=1S/C14H19FN2O3/c1-4-20-13(18)9-17(8-10(2)3)14(19)11-5-6-16-7-12(11)15/h5-7,10H,4,8-9H2,1-3H3. The Morgan fingerprint density at radius 1 is 1.45 bits per heavy atom. The summed E-state index contributed by atoms with van der Waals surface area (Å²) < 4.78 is 18.4. The van der Waals surface area contributed by atoms with Crippen LogP contribution in [0.25, 0.3) is 0 Å². The lowest BCUT2D eigenvalue weighted by Gasteiger charge is -2.23. The van der Waals surface area contributed by atoms with Crippen LogP contribution in [0.4, 0.5) is 4.39 Å². The molecule has 0 aliphatic rings. The quantitative estimate of drug-likeness (QED) is 0.747. The summed E-state index contributed by atoms with van der Waals surface area (Å²) >= 11 is 0. The number of rotatable bonds is 6. The molecule has 0 spiro atoms. The van der Waals surface area contributed by atoms with Crippen LogP contribution in [0.15, 0.2) is 18.5 Å². The van der Waals surface area contributed by atoms with Crippen LogP contribution in [-0.2, 0) is 9.53 Å². The predicted molar refractivity (Wildman–Crippen MR) is 71.6 cm³/mol. The van der Waals surface area contributed by atoms with Crippen molar-refractivity contribution in [1.29, 1.82) is 0 Å². The summed E-state index contributed by atoms with van der Waals surface area (Å²) in [6.45, 7) is 5.91. The summed E-state index contributed by atoms with van der Waals surface area (Å²) in [4.78, 5) is 28.7. The van der Waals surface area contributed by atoms with Gasteiger partial charge in [0.25, 0.3) is 5.91 Å². The predicted octanol–water partition coefficient (Wildman–Crippen LogP) is 1.88. The van der Waals surface area contributed by atoms with Crippen LogP contribution in [0.5, 0.6) is 0 Å². The molecule has 20 heavy (non-hydrogen) atoms. The molecule has 0 saturated heterocycles. The lowest BCUT2D eigenvalue weighted by Crippen LogP contribution is -2.39. The Labute approximate surface area is 117 Å². The van der Waals surface area contributed by atoms with E-state index in [1.54, 1.807) is 6.92 Å². The summed E-state index contributed by atoms with van der Waals surface area (Å²) in [5.74, 6) is -1.59. The lowest BCUT2D eigenvalue weighted by molar-refractivity contribution is -0.143. The summed E-state index contributed by atoms with van der Waals surface area (Å²) in [6.07, 6.45) is 2.32. The van der Waals surface area contributed by atoms with Gasteiger partial charge in [0.05, 0.1) is 18.4 Å². The lowest BCUT2D eigenvalue weighted by atomic mass is 10.1. The maximum absolute atomic E-state index is 13.6. The Morgan fingerprint density at radius 2 is 2.15 bits per heavy atom. The Hall–Kier alpha value is -1.98. The molecule has 110 valence electrons. The third-order valence-electron chi connectivity index (χ3n) is 2.50. The van der Waals surface area contributed by atoms with Crippen molar-refractivity contribution < 1.29 is 18.7 Å². The molecule has 1 rings (SSSR count). The highest BCUT2D eigenvalue weighted by molar-refractivity contribution is 5.96. The maximum Gasteiger partial charge on any atom is 0.325 e. The molecule has 1 amide bonds. The van der Waals surface area contributed by atoms with Gasteiger partial charge < -0.3 is 9.64 Å². The van der Waals surface area contributed by atoms with Crippen molar-refractivity contribution in [2.75, 3.05) is 19.7 Å². The molecule has 6 heteroatoms. The molecular weight excluding hydrogens is 263 g/mol. The Balaban J connectivity index is 2.90. The Morgan fingerprint density at radius 3 is 2.70 bits per heavy atom. The number of nitrogens with zero attached hydrogens (tertiary/aromatic N) is 2. The van der Waals surface area contributed by atoms with Crippen LogP contribution in [0.3, 0.4) is 0 Å². The van der Waals surface area contributed by atoms with E-state index >= 15 is 0 Å². The van der Waals surface area contributed by atoms with Crippen LogP contribution in [0.2, 0.25) is 0 Å². The minimum atomic E-state index is -0.699. The van der Waals surface area contributed by atoms with Gasteiger partial charge in [-0.3, -0.25) is 14.6 Å². The van der Waals surface area contributed by atoms with Gasteiger partial charge in [0, 0.05) is 12.7 Å². The van der Waals surface area contributed by atoms with Crippen LogP contribution in [-0.4, -0.2) is 41.5 Å². The molecule has 0 saturated carbocycles. The Kier molecular flexibility index (Phi) is 6.09. The molecule has 0 aliphatic carbocycles. The molecule has 0 N–H and O–H groups in total. The third-order valence-corrected chi connectivity index (χ3v) is 2.50. The highest BCUT2D eigenvalue weighted by Crippen LogP contribution is 2.11. The fourth-order valence-corrected chi connectivity index (χ4v) is 1.74. The minimum absolute atomic E-state index is 0.0926. The molecule has 5 nitrogen and oxygen atoms in total. The molecule has 0 unspecified atom stereocenters. The van der Waals surface area contributed by atoms with Gasteiger partial charge in [0.1, 0.15) is 6.54 Å². The van der Waals surface area contributed by atoms with Crippen molar-refractivity contribution in [3.05, 3.63) is 29.8 Å². The molecule has 0 aromatic carbocycles. The average Bonchev–Trinajstić information content (AvgIpc) is 2.37. The number of pyridine rings is 1. The molecule has 1 aromatic heterocycles. The molecule has 0 aliphatic heterocycles. The van der Waals surface area contributed by atoms with Gasteiger partial charge in [-0.2, -0.15) is 0 Å². The number of hydrogen-bond acceptors (Lipinski definition) is 4. The number of hydrogen-bond donors (Lipinski definition) is 0. The van der Waals surface area contributed by atoms with Crippen molar-refractivity contribution in [3.8, 4) is 0 Å². The van der Waals surface area contributed by atoms with E-state index in [0.29, 0.717) is 6.54 Å². The highest BCUT2D eigenvalue weighted by atomic mass is 19.1. The molecule has 0 radical (unpaired) electrons. The summed E-state index contributed by atoms with van der Waals surface area (Å²) in [7, 11) is 0. The molecule has 0 atom stereocenters. The zero-order valence-corrected chi connectivity index (χ0v) is 11.9. The van der Waals surface area contributed by atoms with E-state index in [-0.39, 0.29) is 24.6 Å². The number of aromatic nitrogens is 1. The van der Waals surface area contributed by atoms with Crippen molar-refractivity contribution in [2.24, 2.45) is 5.92 Å². The Bertz CT molecular complexity index is 477. The number of carbonyl (C=O) groups excluding carboxylic acids is 2. The van der Waals surface area contributed by atoms with E-state index in [0.717, 1.165) is 6.20 Å². The normalized spacial score (nSPS) is 10.4.